The first kappa shape index (κ1) is 17.0. The summed E-state index contributed by atoms with van der Waals surface area (Å²) >= 11 is 0. The minimum absolute atomic E-state index is 0.0208. The van der Waals surface area contributed by atoms with Crippen molar-refractivity contribution in [1.82, 2.24) is 0 Å². The number of hydrogen-bond acceptors (Lipinski definition) is 4. The van der Waals surface area contributed by atoms with Crippen LogP contribution in [0.1, 0.15) is 64.7 Å². The summed E-state index contributed by atoms with van der Waals surface area (Å²) in [6.07, 6.45) is 8.49. The third-order valence-corrected chi connectivity index (χ3v) is 4.25. The molecule has 1 aliphatic carbocycles. The summed E-state index contributed by atoms with van der Waals surface area (Å²) in [7, 11) is 1.40. The second-order valence-electron chi connectivity index (χ2n) is 5.68. The molecule has 0 saturated heterocycles. The lowest BCUT2D eigenvalue weighted by Gasteiger charge is -2.26. The second kappa shape index (κ2) is 9.78. The Bertz CT molecular complexity index is 293. The maximum absolute atomic E-state index is 11.9. The van der Waals surface area contributed by atoms with Crippen LogP contribution in [0.4, 0.5) is 0 Å². The number of methoxy groups -OCH3 is 1. The molecule has 1 saturated carbocycles. The Morgan fingerprint density at radius 1 is 1.05 bits per heavy atom. The van der Waals surface area contributed by atoms with Crippen molar-refractivity contribution in [2.75, 3.05) is 13.7 Å². The van der Waals surface area contributed by atoms with Crippen molar-refractivity contribution in [1.29, 1.82) is 0 Å². The van der Waals surface area contributed by atoms with Gasteiger partial charge in [0.1, 0.15) is 0 Å². The SMILES string of the molecule is CCC1CCC(C(=O)OCCCCCC(=O)OC)CC1. The minimum atomic E-state index is -0.172. The summed E-state index contributed by atoms with van der Waals surface area (Å²) in [5.41, 5.74) is 0. The van der Waals surface area contributed by atoms with Gasteiger partial charge >= 0.3 is 11.9 Å². The van der Waals surface area contributed by atoms with E-state index in [-0.39, 0.29) is 17.9 Å². The first-order valence-electron chi connectivity index (χ1n) is 7.90. The molecule has 0 N–H and O–H groups in total. The normalized spacial score (nSPS) is 22.3. The largest absolute Gasteiger partial charge is 0.469 e. The fourth-order valence-corrected chi connectivity index (χ4v) is 2.75. The molecule has 0 aromatic heterocycles. The van der Waals surface area contributed by atoms with Gasteiger partial charge in [-0.2, -0.15) is 0 Å². The van der Waals surface area contributed by atoms with E-state index in [0.29, 0.717) is 13.0 Å². The van der Waals surface area contributed by atoms with Gasteiger partial charge in [-0.3, -0.25) is 9.59 Å². The second-order valence-corrected chi connectivity index (χ2v) is 5.68. The Morgan fingerprint density at radius 3 is 2.35 bits per heavy atom. The van der Waals surface area contributed by atoms with Crippen LogP contribution >= 0.6 is 0 Å². The summed E-state index contributed by atoms with van der Waals surface area (Å²) in [5.74, 6) is 0.729. The maximum atomic E-state index is 11.9. The highest BCUT2D eigenvalue weighted by Crippen LogP contribution is 2.31. The standard InChI is InChI=1S/C16H28O4/c1-3-13-8-10-14(11-9-13)16(18)20-12-6-4-5-7-15(17)19-2/h13-14H,3-12H2,1-2H3. The van der Waals surface area contributed by atoms with E-state index in [9.17, 15) is 9.59 Å². The van der Waals surface area contributed by atoms with E-state index in [2.05, 4.69) is 11.7 Å². The highest BCUT2D eigenvalue weighted by molar-refractivity contribution is 5.72. The zero-order chi connectivity index (χ0) is 14.8. The molecule has 20 heavy (non-hydrogen) atoms. The third kappa shape index (κ3) is 6.40. The number of carbonyl (C=O) groups is 2. The molecular formula is C16H28O4. The van der Waals surface area contributed by atoms with Crippen LogP contribution in [-0.2, 0) is 19.1 Å². The first-order chi connectivity index (χ1) is 9.67. The lowest BCUT2D eigenvalue weighted by atomic mass is 9.81. The fourth-order valence-electron chi connectivity index (χ4n) is 2.75. The van der Waals surface area contributed by atoms with Gasteiger partial charge in [0.15, 0.2) is 0 Å². The summed E-state index contributed by atoms with van der Waals surface area (Å²) in [6, 6.07) is 0. The van der Waals surface area contributed by atoms with E-state index in [1.165, 1.54) is 13.5 Å². The highest BCUT2D eigenvalue weighted by atomic mass is 16.5. The number of hydrogen-bond donors (Lipinski definition) is 0. The number of ether oxygens (including phenoxy) is 2. The van der Waals surface area contributed by atoms with Gasteiger partial charge in [-0.15, -0.1) is 0 Å². The van der Waals surface area contributed by atoms with E-state index in [1.54, 1.807) is 0 Å². The summed E-state index contributed by atoms with van der Waals surface area (Å²) in [6.45, 7) is 2.70. The van der Waals surface area contributed by atoms with Gasteiger partial charge in [0, 0.05) is 6.42 Å². The summed E-state index contributed by atoms with van der Waals surface area (Å²) in [5, 5.41) is 0. The molecule has 116 valence electrons. The number of unbranched alkanes of at least 4 members (excludes halogenated alkanes) is 2. The van der Waals surface area contributed by atoms with E-state index in [4.69, 9.17) is 4.74 Å². The molecule has 1 fully saturated rings. The molecule has 0 bridgehead atoms. The van der Waals surface area contributed by atoms with Crippen LogP contribution in [0.25, 0.3) is 0 Å². The number of esters is 2. The number of rotatable bonds is 8. The highest BCUT2D eigenvalue weighted by Gasteiger charge is 2.26. The van der Waals surface area contributed by atoms with Crippen LogP contribution in [0.5, 0.6) is 0 Å². The van der Waals surface area contributed by atoms with Gasteiger partial charge in [-0.1, -0.05) is 13.3 Å². The van der Waals surface area contributed by atoms with Crippen LogP contribution in [0.3, 0.4) is 0 Å². The van der Waals surface area contributed by atoms with Gasteiger partial charge in [-0.05, 0) is 50.9 Å². The average molecular weight is 284 g/mol. The lowest BCUT2D eigenvalue weighted by Crippen LogP contribution is -2.23. The number of carbonyl (C=O) groups excluding carboxylic acids is 2. The molecule has 0 heterocycles. The average Bonchev–Trinajstić information content (AvgIpc) is 2.50. The van der Waals surface area contributed by atoms with Crippen molar-refractivity contribution in [2.24, 2.45) is 11.8 Å². The predicted molar refractivity (Wildman–Crippen MR) is 77.2 cm³/mol. The van der Waals surface area contributed by atoms with Crippen molar-refractivity contribution in [3.8, 4) is 0 Å². The van der Waals surface area contributed by atoms with Crippen LogP contribution in [0, 0.1) is 11.8 Å². The molecule has 0 aromatic carbocycles. The molecule has 1 aliphatic rings. The first-order valence-corrected chi connectivity index (χ1v) is 7.90. The summed E-state index contributed by atoms with van der Waals surface area (Å²) in [4.78, 5) is 22.8. The molecule has 4 heteroatoms. The molecule has 0 aliphatic heterocycles. The van der Waals surface area contributed by atoms with E-state index in [0.717, 1.165) is 50.9 Å². The molecule has 0 amide bonds. The molecule has 1 rings (SSSR count). The van der Waals surface area contributed by atoms with Crippen LogP contribution in [-0.4, -0.2) is 25.7 Å². The third-order valence-electron chi connectivity index (χ3n) is 4.25. The molecule has 0 atom stereocenters. The maximum Gasteiger partial charge on any atom is 0.308 e. The molecule has 0 spiro atoms. The van der Waals surface area contributed by atoms with Crippen molar-refractivity contribution in [3.63, 3.8) is 0 Å². The monoisotopic (exact) mass is 284 g/mol. The Balaban J connectivity index is 2.02. The predicted octanol–water partition coefficient (Wildman–Crippen LogP) is 3.48. The quantitative estimate of drug-likeness (QED) is 0.506. The van der Waals surface area contributed by atoms with Crippen LogP contribution in [0.2, 0.25) is 0 Å². The Labute approximate surface area is 122 Å². The van der Waals surface area contributed by atoms with E-state index in [1.807, 2.05) is 0 Å². The van der Waals surface area contributed by atoms with Gasteiger partial charge in [0.25, 0.3) is 0 Å². The van der Waals surface area contributed by atoms with Gasteiger partial charge < -0.3 is 9.47 Å². The van der Waals surface area contributed by atoms with Crippen LogP contribution < -0.4 is 0 Å². The van der Waals surface area contributed by atoms with E-state index < -0.39 is 0 Å². The molecule has 4 nitrogen and oxygen atoms in total. The van der Waals surface area contributed by atoms with Crippen molar-refractivity contribution in [3.05, 3.63) is 0 Å². The lowest BCUT2D eigenvalue weighted by molar-refractivity contribution is -0.150. The molecule has 0 radical (unpaired) electrons. The van der Waals surface area contributed by atoms with Crippen molar-refractivity contribution < 1.29 is 19.1 Å². The van der Waals surface area contributed by atoms with Crippen LogP contribution in [0.15, 0.2) is 0 Å². The topological polar surface area (TPSA) is 52.6 Å². The van der Waals surface area contributed by atoms with Gasteiger partial charge in [0.2, 0.25) is 0 Å². The zero-order valence-electron chi connectivity index (χ0n) is 12.9. The van der Waals surface area contributed by atoms with Gasteiger partial charge in [0.05, 0.1) is 19.6 Å². The fraction of sp³-hybridized carbons (Fsp3) is 0.875. The van der Waals surface area contributed by atoms with Crippen molar-refractivity contribution >= 4 is 11.9 Å². The summed E-state index contributed by atoms with van der Waals surface area (Å²) < 4.78 is 9.90. The Morgan fingerprint density at radius 2 is 1.75 bits per heavy atom. The minimum Gasteiger partial charge on any atom is -0.469 e. The molecule has 0 unspecified atom stereocenters. The van der Waals surface area contributed by atoms with Crippen molar-refractivity contribution in [2.45, 2.75) is 64.7 Å². The molecular weight excluding hydrogens is 256 g/mol. The molecule has 0 aromatic rings. The Kier molecular flexibility index (Phi) is 8.31. The Hall–Kier alpha value is -1.06. The van der Waals surface area contributed by atoms with E-state index >= 15 is 0 Å². The smallest absolute Gasteiger partial charge is 0.308 e. The zero-order valence-corrected chi connectivity index (χ0v) is 12.9. The van der Waals surface area contributed by atoms with Gasteiger partial charge in [-0.25, -0.2) is 0 Å².